The molecule has 2 fully saturated rings. The van der Waals surface area contributed by atoms with Crippen molar-refractivity contribution in [3.05, 3.63) is 0 Å². The van der Waals surface area contributed by atoms with Crippen LogP contribution in [0.15, 0.2) is 0 Å². The Bertz CT molecular complexity index is 653. The molecule has 0 bridgehead atoms. The molecule has 2 heterocycles. The Morgan fingerprint density at radius 2 is 1.55 bits per heavy atom. The molecule has 0 aliphatic carbocycles. The van der Waals surface area contributed by atoms with Crippen molar-refractivity contribution in [2.45, 2.75) is 61.4 Å². The van der Waals surface area contributed by atoms with Crippen molar-refractivity contribution < 1.29 is 71.5 Å². The van der Waals surface area contributed by atoms with E-state index in [1.54, 1.807) is 0 Å². The first-order valence-corrected chi connectivity index (χ1v) is 9.48. The Hall–Kier alpha value is -1.02. The topological polar surface area (TPSA) is 239 Å². The highest BCUT2D eigenvalue weighted by atomic mass is 32.3. The van der Waals surface area contributed by atoms with E-state index >= 15 is 0 Å². The molecule has 0 aromatic heterocycles. The highest BCUT2D eigenvalue weighted by Crippen LogP contribution is 2.30. The zero-order valence-electron chi connectivity index (χ0n) is 14.8. The summed E-state index contributed by atoms with van der Waals surface area (Å²) in [6, 6.07) is 0. The van der Waals surface area contributed by atoms with Gasteiger partial charge >= 0.3 is 16.4 Å². The van der Waals surface area contributed by atoms with Gasteiger partial charge in [-0.25, -0.2) is 8.98 Å². The number of aliphatic hydroxyl groups excluding tert-OH is 5. The molecule has 0 aromatic rings. The van der Waals surface area contributed by atoms with Gasteiger partial charge in [-0.05, 0) is 0 Å². The van der Waals surface area contributed by atoms with E-state index in [9.17, 15) is 38.7 Å². The number of carboxylic acid groups (broad SMARTS) is 1. The fourth-order valence-electron chi connectivity index (χ4n) is 2.97. The van der Waals surface area contributed by atoms with Gasteiger partial charge in [-0.15, -0.1) is 0 Å². The second-order valence-corrected chi connectivity index (χ2v) is 7.32. The molecule has 0 spiro atoms. The van der Waals surface area contributed by atoms with E-state index in [2.05, 4.69) is 4.18 Å². The van der Waals surface area contributed by atoms with Crippen molar-refractivity contribution in [1.82, 2.24) is 0 Å². The molecule has 0 amide bonds. The summed E-state index contributed by atoms with van der Waals surface area (Å²) in [5.41, 5.74) is 0. The fraction of sp³-hybridized carbons (Fsp3) is 0.923. The summed E-state index contributed by atoms with van der Waals surface area (Å²) in [6.07, 6.45) is -18.7. The predicted octanol–water partition coefficient (Wildman–Crippen LogP) is -4.82. The lowest BCUT2D eigenvalue weighted by molar-refractivity contribution is -0.352. The monoisotopic (exact) mass is 450 g/mol. The number of ether oxygens (including phenoxy) is 4. The quantitative estimate of drug-likeness (QED) is 0.180. The van der Waals surface area contributed by atoms with Crippen molar-refractivity contribution in [2.24, 2.45) is 0 Å². The summed E-state index contributed by atoms with van der Waals surface area (Å²) < 4.78 is 55.0. The molecule has 7 N–H and O–H groups in total. The van der Waals surface area contributed by atoms with Crippen LogP contribution in [0.5, 0.6) is 0 Å². The molecule has 2 rings (SSSR count). The number of hydrogen-bond acceptors (Lipinski definition) is 13. The Labute approximate surface area is 163 Å². The van der Waals surface area contributed by atoms with Crippen LogP contribution in [0.2, 0.25) is 0 Å². The van der Waals surface area contributed by atoms with Gasteiger partial charge in [0, 0.05) is 7.11 Å². The molecule has 0 saturated carbocycles. The van der Waals surface area contributed by atoms with Gasteiger partial charge in [0.2, 0.25) is 0 Å². The van der Waals surface area contributed by atoms with Gasteiger partial charge in [0.1, 0.15) is 42.7 Å². The van der Waals surface area contributed by atoms with Crippen LogP contribution in [0.4, 0.5) is 0 Å². The predicted molar refractivity (Wildman–Crippen MR) is 84.4 cm³/mol. The SMILES string of the molecule is CO[C@@H]1O[C@H](CO)[C@H](O)[C@H](O[C@@H]2O[C@H](C(=O)O)[C@@H](O)[C@H](OS(=O)(=O)O)[C@H]2O)[C@H]1O. The summed E-state index contributed by atoms with van der Waals surface area (Å²) in [6.45, 7) is -0.730. The molecule has 15 nitrogen and oxygen atoms in total. The number of hydrogen-bond donors (Lipinski definition) is 7. The Kier molecular flexibility index (Phi) is 7.87. The van der Waals surface area contributed by atoms with Crippen molar-refractivity contribution in [1.29, 1.82) is 0 Å². The summed E-state index contributed by atoms with van der Waals surface area (Å²) >= 11 is 0. The summed E-state index contributed by atoms with van der Waals surface area (Å²) in [5.74, 6) is -1.79. The average Bonchev–Trinajstić information content (AvgIpc) is 2.63. The smallest absolute Gasteiger partial charge is 0.397 e. The van der Waals surface area contributed by atoms with Gasteiger partial charge in [0.05, 0.1) is 6.61 Å². The normalized spacial score (nSPS) is 43.8. The Morgan fingerprint density at radius 1 is 0.966 bits per heavy atom. The van der Waals surface area contributed by atoms with Crippen molar-refractivity contribution in [2.75, 3.05) is 13.7 Å². The Morgan fingerprint density at radius 3 is 2.03 bits per heavy atom. The molecular formula is C13H22O15S. The average molecular weight is 450 g/mol. The van der Waals surface area contributed by atoms with Crippen LogP contribution in [0.25, 0.3) is 0 Å². The van der Waals surface area contributed by atoms with Crippen molar-refractivity contribution in [3.8, 4) is 0 Å². The first-order chi connectivity index (χ1) is 13.4. The highest BCUT2D eigenvalue weighted by molar-refractivity contribution is 7.80. The van der Waals surface area contributed by atoms with E-state index in [4.69, 9.17) is 28.6 Å². The maximum atomic E-state index is 11.3. The van der Waals surface area contributed by atoms with E-state index < -0.39 is 84.4 Å². The molecule has 170 valence electrons. The van der Waals surface area contributed by atoms with Gasteiger partial charge in [-0.1, -0.05) is 0 Å². The molecule has 0 aromatic carbocycles. The molecule has 2 aliphatic heterocycles. The lowest BCUT2D eigenvalue weighted by atomic mass is 9.97. The molecular weight excluding hydrogens is 428 g/mol. The van der Waals surface area contributed by atoms with Gasteiger partial charge in [0.25, 0.3) is 0 Å². The summed E-state index contributed by atoms with van der Waals surface area (Å²) in [5, 5.41) is 59.0. The maximum absolute atomic E-state index is 11.3. The molecule has 29 heavy (non-hydrogen) atoms. The third-order valence-electron chi connectivity index (χ3n) is 4.36. The van der Waals surface area contributed by atoms with Gasteiger partial charge < -0.3 is 49.6 Å². The van der Waals surface area contributed by atoms with Gasteiger partial charge in [-0.3, -0.25) is 4.55 Å². The Balaban J connectivity index is 2.29. The highest BCUT2D eigenvalue weighted by Gasteiger charge is 2.54. The largest absolute Gasteiger partial charge is 0.479 e. The number of aliphatic hydroxyl groups is 5. The lowest BCUT2D eigenvalue weighted by Gasteiger charge is -2.45. The van der Waals surface area contributed by atoms with Crippen molar-refractivity contribution in [3.63, 3.8) is 0 Å². The maximum Gasteiger partial charge on any atom is 0.397 e. The molecule has 16 heteroatoms. The van der Waals surface area contributed by atoms with E-state index in [0.29, 0.717) is 0 Å². The number of methoxy groups -OCH3 is 1. The minimum atomic E-state index is -5.24. The fourth-order valence-corrected chi connectivity index (χ4v) is 3.48. The zero-order chi connectivity index (χ0) is 22.1. The minimum absolute atomic E-state index is 0.730. The molecule has 0 radical (unpaired) electrons. The van der Waals surface area contributed by atoms with E-state index in [1.165, 1.54) is 0 Å². The van der Waals surface area contributed by atoms with Gasteiger partial charge in [0.15, 0.2) is 18.7 Å². The number of carboxylic acids is 1. The summed E-state index contributed by atoms with van der Waals surface area (Å²) in [7, 11) is -4.10. The van der Waals surface area contributed by atoms with Crippen molar-refractivity contribution >= 4 is 16.4 Å². The molecule has 2 saturated heterocycles. The first kappa shape index (κ1) is 24.3. The van der Waals surface area contributed by atoms with Crippen LogP contribution >= 0.6 is 0 Å². The molecule has 2 aliphatic rings. The standard InChI is InChI=1S/C13H22O15S/c1-24-12-6(17)8(4(15)3(2-14)25-12)26-13-7(18)9(28-29(21,22)23)5(16)10(27-13)11(19)20/h3-10,12-18H,2H2,1H3,(H,19,20)(H,21,22,23)/t3-,4+,5+,6-,7-,8+,9+,10+,12-,13-/m1/s1. The van der Waals surface area contributed by atoms with Crippen LogP contribution < -0.4 is 0 Å². The third-order valence-corrected chi connectivity index (χ3v) is 4.83. The molecule has 10 atom stereocenters. The van der Waals surface area contributed by atoms with Crippen LogP contribution in [-0.4, -0.2) is 125 Å². The van der Waals surface area contributed by atoms with Gasteiger partial charge in [-0.2, -0.15) is 8.42 Å². The van der Waals surface area contributed by atoms with Crippen LogP contribution in [-0.2, 0) is 38.3 Å². The zero-order valence-corrected chi connectivity index (χ0v) is 15.6. The van der Waals surface area contributed by atoms with E-state index in [-0.39, 0.29) is 0 Å². The number of carbonyl (C=O) groups is 1. The number of aliphatic carboxylic acids is 1. The summed E-state index contributed by atoms with van der Waals surface area (Å²) in [4.78, 5) is 11.3. The van der Waals surface area contributed by atoms with Crippen LogP contribution in [0.1, 0.15) is 0 Å². The third kappa shape index (κ3) is 5.37. The lowest BCUT2D eigenvalue weighted by Crippen LogP contribution is -2.65. The van der Waals surface area contributed by atoms with Crippen LogP contribution in [0.3, 0.4) is 0 Å². The second kappa shape index (κ2) is 9.41. The van der Waals surface area contributed by atoms with E-state index in [0.717, 1.165) is 7.11 Å². The second-order valence-electron chi connectivity index (χ2n) is 6.28. The minimum Gasteiger partial charge on any atom is -0.479 e. The van der Waals surface area contributed by atoms with E-state index in [1.807, 2.05) is 0 Å². The molecule has 0 unspecified atom stereocenters. The first-order valence-electron chi connectivity index (χ1n) is 8.12. The number of rotatable bonds is 7. The van der Waals surface area contributed by atoms with Crippen LogP contribution in [0, 0.1) is 0 Å².